The van der Waals surface area contributed by atoms with Crippen molar-refractivity contribution in [2.75, 3.05) is 37.4 Å². The number of nitrogen functional groups attached to an aromatic ring is 1. The summed E-state index contributed by atoms with van der Waals surface area (Å²) in [4.78, 5) is 13.9. The highest BCUT2D eigenvalue weighted by atomic mass is 16.5. The summed E-state index contributed by atoms with van der Waals surface area (Å²) >= 11 is 0. The molecule has 0 saturated carbocycles. The smallest absolute Gasteiger partial charge is 0.345 e. The molecule has 19 heavy (non-hydrogen) atoms. The maximum atomic E-state index is 11.9. The second kappa shape index (κ2) is 5.92. The van der Waals surface area contributed by atoms with Crippen LogP contribution in [0.2, 0.25) is 0 Å². The van der Waals surface area contributed by atoms with Crippen LogP contribution in [0, 0.1) is 0 Å². The molecule has 0 atom stereocenters. The largest absolute Gasteiger partial charge is 0.465 e. The molecule has 0 aromatic carbocycles. The first-order chi connectivity index (χ1) is 9.19. The van der Waals surface area contributed by atoms with Crippen molar-refractivity contribution in [2.24, 2.45) is 0 Å². The number of carbonyl (C=O) groups is 1. The van der Waals surface area contributed by atoms with Crippen molar-refractivity contribution in [3.05, 3.63) is 5.56 Å². The number of nitrogens with zero attached hydrogens (tertiary/aromatic N) is 3. The van der Waals surface area contributed by atoms with Crippen molar-refractivity contribution in [1.29, 1.82) is 0 Å². The van der Waals surface area contributed by atoms with E-state index in [1.54, 1.807) is 0 Å². The van der Waals surface area contributed by atoms with E-state index in [1.807, 2.05) is 0 Å². The summed E-state index contributed by atoms with van der Waals surface area (Å²) in [7, 11) is 1.32. The van der Waals surface area contributed by atoms with Crippen molar-refractivity contribution in [3.63, 3.8) is 0 Å². The molecule has 0 unspecified atom stereocenters. The Morgan fingerprint density at radius 3 is 2.68 bits per heavy atom. The number of aliphatic hydroxyl groups excluding tert-OH is 1. The molecule has 0 radical (unpaired) electrons. The van der Waals surface area contributed by atoms with E-state index in [0.29, 0.717) is 11.4 Å². The topological polar surface area (TPSA) is 93.6 Å². The highest BCUT2D eigenvalue weighted by Gasteiger charge is 2.27. The Bertz CT molecular complexity index is 452. The minimum atomic E-state index is -0.484. The lowest BCUT2D eigenvalue weighted by molar-refractivity contribution is 0.0602. The van der Waals surface area contributed by atoms with Gasteiger partial charge in [-0.15, -0.1) is 0 Å². The summed E-state index contributed by atoms with van der Waals surface area (Å²) in [6.45, 7) is 1.91. The molecule has 0 spiro atoms. The Morgan fingerprint density at radius 2 is 2.11 bits per heavy atom. The Hall–Kier alpha value is -1.76. The maximum Gasteiger partial charge on any atom is 0.345 e. The number of carbonyl (C=O) groups excluding carboxylic acids is 1. The summed E-state index contributed by atoms with van der Waals surface area (Å²) in [6.07, 6.45) is 3.34. The van der Waals surface area contributed by atoms with Crippen LogP contribution in [0.4, 0.5) is 11.6 Å². The van der Waals surface area contributed by atoms with Crippen molar-refractivity contribution >= 4 is 17.6 Å². The molecule has 2 rings (SSSR count). The molecule has 2 heterocycles. The van der Waals surface area contributed by atoms with E-state index < -0.39 is 5.97 Å². The highest BCUT2D eigenvalue weighted by Crippen LogP contribution is 2.28. The monoisotopic (exact) mass is 268 g/mol. The molecule has 1 aromatic rings. The molecule has 1 saturated heterocycles. The van der Waals surface area contributed by atoms with E-state index >= 15 is 0 Å². The third-order valence-corrected chi connectivity index (χ3v) is 3.33. The summed E-state index contributed by atoms with van der Waals surface area (Å²) in [6, 6.07) is 0. The van der Waals surface area contributed by atoms with Crippen LogP contribution in [0.5, 0.6) is 0 Å². The lowest BCUT2D eigenvalue weighted by Crippen LogP contribution is -2.31. The van der Waals surface area contributed by atoms with Gasteiger partial charge < -0.3 is 20.5 Å². The first-order valence-corrected chi connectivity index (χ1v) is 6.49. The quantitative estimate of drug-likeness (QED) is 0.759. The normalized spacial score (nSPS) is 15.6. The van der Waals surface area contributed by atoms with Gasteiger partial charge in [0.1, 0.15) is 11.4 Å². The van der Waals surface area contributed by atoms with E-state index in [-0.39, 0.29) is 19.0 Å². The fourth-order valence-electron chi connectivity index (χ4n) is 2.35. The Morgan fingerprint density at radius 1 is 1.42 bits per heavy atom. The fraction of sp³-hybridized carbons (Fsp3) is 0.667. The van der Waals surface area contributed by atoms with Crippen molar-refractivity contribution in [3.8, 4) is 0 Å². The molecule has 106 valence electrons. The number of methoxy groups -OCH3 is 1. The zero-order valence-corrected chi connectivity index (χ0v) is 11.1. The predicted octanol–water partition coefficient (Wildman–Crippen LogP) is 0.235. The van der Waals surface area contributed by atoms with E-state index in [1.165, 1.54) is 18.2 Å². The highest BCUT2D eigenvalue weighted by molar-refractivity contribution is 5.99. The Balaban J connectivity index is 2.38. The number of anilines is 2. The van der Waals surface area contributed by atoms with Gasteiger partial charge in [-0.2, -0.15) is 5.10 Å². The van der Waals surface area contributed by atoms with Crippen LogP contribution in [0.25, 0.3) is 0 Å². The molecule has 7 nitrogen and oxygen atoms in total. The third-order valence-electron chi connectivity index (χ3n) is 3.33. The molecule has 0 amide bonds. The molecule has 0 aliphatic carbocycles. The van der Waals surface area contributed by atoms with Crippen LogP contribution in [0.15, 0.2) is 0 Å². The maximum absolute atomic E-state index is 11.9. The molecule has 1 aliphatic heterocycles. The summed E-state index contributed by atoms with van der Waals surface area (Å²) < 4.78 is 6.23. The number of ether oxygens (including phenoxy) is 1. The van der Waals surface area contributed by atoms with Gasteiger partial charge in [0, 0.05) is 13.1 Å². The molecule has 1 aromatic heterocycles. The second-order valence-corrected chi connectivity index (χ2v) is 4.57. The van der Waals surface area contributed by atoms with E-state index in [4.69, 9.17) is 15.6 Å². The van der Waals surface area contributed by atoms with Gasteiger partial charge in [0.05, 0.1) is 20.3 Å². The van der Waals surface area contributed by atoms with Gasteiger partial charge in [-0.05, 0) is 19.3 Å². The van der Waals surface area contributed by atoms with Crippen molar-refractivity contribution < 1.29 is 14.6 Å². The number of aromatic nitrogens is 2. The zero-order chi connectivity index (χ0) is 13.8. The molecule has 1 aliphatic rings. The van der Waals surface area contributed by atoms with Gasteiger partial charge in [-0.25, -0.2) is 9.48 Å². The van der Waals surface area contributed by atoms with Crippen LogP contribution in [-0.4, -0.2) is 47.7 Å². The standard InChI is InChI=1S/C12H20N4O3/c1-19-12(18)9-10(13)16(7-8-17)14-11(9)15-5-3-2-4-6-15/h17H,2-8,13H2,1H3. The zero-order valence-electron chi connectivity index (χ0n) is 11.1. The van der Waals surface area contributed by atoms with Crippen LogP contribution < -0.4 is 10.6 Å². The van der Waals surface area contributed by atoms with Crippen molar-refractivity contribution in [2.45, 2.75) is 25.8 Å². The average Bonchev–Trinajstić information content (AvgIpc) is 2.77. The number of esters is 1. The first kappa shape index (κ1) is 13.7. The summed E-state index contributed by atoms with van der Waals surface area (Å²) in [5, 5.41) is 13.4. The number of piperidine rings is 1. The van der Waals surface area contributed by atoms with Crippen LogP contribution in [-0.2, 0) is 11.3 Å². The predicted molar refractivity (Wildman–Crippen MR) is 71.1 cm³/mol. The number of aliphatic hydroxyl groups is 1. The van der Waals surface area contributed by atoms with E-state index in [9.17, 15) is 4.79 Å². The Kier molecular flexibility index (Phi) is 4.26. The number of hydrogen-bond acceptors (Lipinski definition) is 6. The van der Waals surface area contributed by atoms with Gasteiger partial charge in [0.25, 0.3) is 0 Å². The van der Waals surface area contributed by atoms with Crippen LogP contribution >= 0.6 is 0 Å². The minimum Gasteiger partial charge on any atom is -0.465 e. The van der Waals surface area contributed by atoms with Gasteiger partial charge in [0.15, 0.2) is 5.82 Å². The third kappa shape index (κ3) is 2.65. The number of rotatable bonds is 4. The van der Waals surface area contributed by atoms with E-state index in [0.717, 1.165) is 25.9 Å². The molecule has 0 bridgehead atoms. The average molecular weight is 268 g/mol. The number of hydrogen-bond donors (Lipinski definition) is 2. The fourth-order valence-corrected chi connectivity index (χ4v) is 2.35. The molecule has 1 fully saturated rings. The molecular formula is C12H20N4O3. The van der Waals surface area contributed by atoms with Gasteiger partial charge in [-0.3, -0.25) is 0 Å². The second-order valence-electron chi connectivity index (χ2n) is 4.57. The SMILES string of the molecule is COC(=O)c1c(N2CCCCC2)nn(CCO)c1N. The molecule has 7 heteroatoms. The number of nitrogens with two attached hydrogens (primary N) is 1. The van der Waals surface area contributed by atoms with Crippen molar-refractivity contribution in [1.82, 2.24) is 9.78 Å². The lowest BCUT2D eigenvalue weighted by atomic mass is 10.1. The van der Waals surface area contributed by atoms with Gasteiger partial charge in [0.2, 0.25) is 0 Å². The molecular weight excluding hydrogens is 248 g/mol. The van der Waals surface area contributed by atoms with Crippen LogP contribution in [0.1, 0.15) is 29.6 Å². The molecule has 3 N–H and O–H groups in total. The lowest BCUT2D eigenvalue weighted by Gasteiger charge is -2.27. The van der Waals surface area contributed by atoms with Gasteiger partial charge in [-0.1, -0.05) is 0 Å². The Labute approximate surface area is 111 Å². The summed E-state index contributed by atoms with van der Waals surface area (Å²) in [5.41, 5.74) is 6.24. The summed E-state index contributed by atoms with van der Waals surface area (Å²) in [5.74, 6) is 0.334. The minimum absolute atomic E-state index is 0.0774. The first-order valence-electron chi connectivity index (χ1n) is 6.49. The van der Waals surface area contributed by atoms with Gasteiger partial charge >= 0.3 is 5.97 Å². The van der Waals surface area contributed by atoms with Crippen LogP contribution in [0.3, 0.4) is 0 Å². The van der Waals surface area contributed by atoms with E-state index in [2.05, 4.69) is 10.00 Å².